The Balaban J connectivity index is 1.50. The average Bonchev–Trinajstić information content (AvgIpc) is 2.59. The molecule has 1 aromatic carbocycles. The SMILES string of the molecule is CN(C)c1nccc(NC2CCN(Cc3ccc(F)cc3)CC2)n1. The highest BCUT2D eigenvalue weighted by Gasteiger charge is 2.19. The fraction of sp³-hybridized carbons (Fsp3) is 0.444. The van der Waals surface area contributed by atoms with Crippen molar-refractivity contribution in [3.63, 3.8) is 0 Å². The first-order valence-corrected chi connectivity index (χ1v) is 8.34. The van der Waals surface area contributed by atoms with Crippen LogP contribution in [-0.2, 0) is 6.54 Å². The average molecular weight is 329 g/mol. The lowest BCUT2D eigenvalue weighted by molar-refractivity contribution is 0.211. The summed E-state index contributed by atoms with van der Waals surface area (Å²) in [4.78, 5) is 13.1. The van der Waals surface area contributed by atoms with Gasteiger partial charge in [0.1, 0.15) is 11.6 Å². The molecule has 3 rings (SSSR count). The highest BCUT2D eigenvalue weighted by Crippen LogP contribution is 2.18. The van der Waals surface area contributed by atoms with Gasteiger partial charge >= 0.3 is 0 Å². The molecule has 1 saturated heterocycles. The number of hydrogen-bond donors (Lipinski definition) is 1. The molecule has 0 unspecified atom stereocenters. The number of aromatic nitrogens is 2. The van der Waals surface area contributed by atoms with E-state index in [0.717, 1.165) is 43.9 Å². The van der Waals surface area contributed by atoms with Crippen LogP contribution in [0.25, 0.3) is 0 Å². The van der Waals surface area contributed by atoms with Gasteiger partial charge in [0.15, 0.2) is 0 Å². The molecule has 2 aromatic rings. The van der Waals surface area contributed by atoms with Crippen LogP contribution in [0.4, 0.5) is 16.2 Å². The molecule has 0 amide bonds. The molecular weight excluding hydrogens is 305 g/mol. The van der Waals surface area contributed by atoms with Crippen molar-refractivity contribution in [1.29, 1.82) is 0 Å². The molecule has 1 N–H and O–H groups in total. The lowest BCUT2D eigenvalue weighted by Crippen LogP contribution is -2.38. The van der Waals surface area contributed by atoms with Crippen LogP contribution in [0.5, 0.6) is 0 Å². The molecule has 1 aliphatic heterocycles. The van der Waals surface area contributed by atoms with Crippen LogP contribution in [0.3, 0.4) is 0 Å². The Bertz CT molecular complexity index is 651. The largest absolute Gasteiger partial charge is 0.367 e. The number of piperidine rings is 1. The Morgan fingerprint density at radius 2 is 1.88 bits per heavy atom. The Kier molecular flexibility index (Phi) is 5.25. The monoisotopic (exact) mass is 329 g/mol. The van der Waals surface area contributed by atoms with Crippen LogP contribution in [0.15, 0.2) is 36.5 Å². The van der Waals surface area contributed by atoms with Gasteiger partial charge in [0.25, 0.3) is 0 Å². The van der Waals surface area contributed by atoms with E-state index >= 15 is 0 Å². The summed E-state index contributed by atoms with van der Waals surface area (Å²) in [5.41, 5.74) is 1.16. The van der Waals surface area contributed by atoms with Gasteiger partial charge in [0, 0.05) is 46.0 Å². The summed E-state index contributed by atoms with van der Waals surface area (Å²) in [7, 11) is 3.88. The van der Waals surface area contributed by atoms with E-state index in [9.17, 15) is 4.39 Å². The topological polar surface area (TPSA) is 44.3 Å². The van der Waals surface area contributed by atoms with E-state index in [1.165, 1.54) is 12.1 Å². The maximum atomic E-state index is 13.0. The molecule has 0 bridgehead atoms. The van der Waals surface area contributed by atoms with E-state index in [4.69, 9.17) is 0 Å². The second-order valence-corrected chi connectivity index (χ2v) is 6.46. The molecule has 1 aliphatic rings. The summed E-state index contributed by atoms with van der Waals surface area (Å²) >= 11 is 0. The molecule has 2 heterocycles. The Morgan fingerprint density at radius 1 is 1.17 bits per heavy atom. The van der Waals surface area contributed by atoms with Gasteiger partial charge in [-0.3, -0.25) is 4.90 Å². The fourth-order valence-corrected chi connectivity index (χ4v) is 2.94. The number of anilines is 2. The predicted octanol–water partition coefficient (Wildman–Crippen LogP) is 2.76. The Hall–Kier alpha value is -2.21. The molecule has 6 heteroatoms. The van der Waals surface area contributed by atoms with Gasteiger partial charge < -0.3 is 10.2 Å². The van der Waals surface area contributed by atoms with Crippen LogP contribution in [0, 0.1) is 5.82 Å². The number of likely N-dealkylation sites (tertiary alicyclic amines) is 1. The van der Waals surface area contributed by atoms with Crippen molar-refractivity contribution >= 4 is 11.8 Å². The van der Waals surface area contributed by atoms with Gasteiger partial charge in [-0.25, -0.2) is 9.37 Å². The minimum atomic E-state index is -0.177. The van der Waals surface area contributed by atoms with E-state index in [1.54, 1.807) is 6.20 Å². The molecular formula is C18H24FN5. The number of benzene rings is 1. The van der Waals surface area contributed by atoms with Crippen LogP contribution in [-0.4, -0.2) is 48.1 Å². The Labute approximate surface area is 142 Å². The molecule has 0 aliphatic carbocycles. The normalized spacial score (nSPS) is 16.1. The van der Waals surface area contributed by atoms with Crippen LogP contribution < -0.4 is 10.2 Å². The third kappa shape index (κ3) is 4.41. The van der Waals surface area contributed by atoms with Gasteiger partial charge in [-0.05, 0) is 36.6 Å². The smallest absolute Gasteiger partial charge is 0.226 e. The predicted molar refractivity (Wildman–Crippen MR) is 94.7 cm³/mol. The van der Waals surface area contributed by atoms with Gasteiger partial charge in [-0.2, -0.15) is 4.98 Å². The Morgan fingerprint density at radius 3 is 2.54 bits per heavy atom. The molecule has 1 aromatic heterocycles. The van der Waals surface area contributed by atoms with Gasteiger partial charge in [-0.15, -0.1) is 0 Å². The van der Waals surface area contributed by atoms with E-state index < -0.39 is 0 Å². The van der Waals surface area contributed by atoms with Crippen LogP contribution in [0.1, 0.15) is 18.4 Å². The fourth-order valence-electron chi connectivity index (χ4n) is 2.94. The summed E-state index contributed by atoms with van der Waals surface area (Å²) in [5, 5.41) is 3.51. The van der Waals surface area contributed by atoms with Crippen molar-refractivity contribution in [2.24, 2.45) is 0 Å². The van der Waals surface area contributed by atoms with Crippen LogP contribution in [0.2, 0.25) is 0 Å². The number of nitrogens with zero attached hydrogens (tertiary/aromatic N) is 4. The second-order valence-electron chi connectivity index (χ2n) is 6.46. The van der Waals surface area contributed by atoms with Gasteiger partial charge in [0.2, 0.25) is 5.95 Å². The lowest BCUT2D eigenvalue weighted by Gasteiger charge is -2.32. The zero-order chi connectivity index (χ0) is 16.9. The molecule has 0 radical (unpaired) electrons. The first kappa shape index (κ1) is 16.6. The molecule has 0 spiro atoms. The minimum Gasteiger partial charge on any atom is -0.367 e. The maximum Gasteiger partial charge on any atom is 0.226 e. The first-order valence-electron chi connectivity index (χ1n) is 8.34. The molecule has 0 atom stereocenters. The van der Waals surface area contributed by atoms with Crippen molar-refractivity contribution in [2.45, 2.75) is 25.4 Å². The number of rotatable bonds is 5. The van der Waals surface area contributed by atoms with Crippen molar-refractivity contribution in [2.75, 3.05) is 37.4 Å². The highest BCUT2D eigenvalue weighted by atomic mass is 19.1. The zero-order valence-electron chi connectivity index (χ0n) is 14.2. The molecule has 0 saturated carbocycles. The van der Waals surface area contributed by atoms with Crippen molar-refractivity contribution < 1.29 is 4.39 Å². The first-order chi connectivity index (χ1) is 11.6. The maximum absolute atomic E-state index is 13.0. The quantitative estimate of drug-likeness (QED) is 0.914. The molecule has 5 nitrogen and oxygen atoms in total. The summed E-state index contributed by atoms with van der Waals surface area (Å²) in [5.74, 6) is 1.42. The van der Waals surface area contributed by atoms with E-state index in [0.29, 0.717) is 12.0 Å². The van der Waals surface area contributed by atoms with Crippen molar-refractivity contribution in [3.8, 4) is 0 Å². The number of nitrogens with one attached hydrogen (secondary N) is 1. The van der Waals surface area contributed by atoms with E-state index in [-0.39, 0.29) is 5.82 Å². The van der Waals surface area contributed by atoms with Gasteiger partial charge in [-0.1, -0.05) is 12.1 Å². The van der Waals surface area contributed by atoms with E-state index in [1.807, 2.05) is 37.2 Å². The molecule has 128 valence electrons. The standard InChI is InChI=1S/C18H24FN5/c1-23(2)18-20-10-7-17(22-18)21-16-8-11-24(12-9-16)13-14-3-5-15(19)6-4-14/h3-7,10,16H,8-9,11-13H2,1-2H3,(H,20,21,22). The third-order valence-electron chi connectivity index (χ3n) is 4.30. The summed E-state index contributed by atoms with van der Waals surface area (Å²) < 4.78 is 13.0. The number of hydrogen-bond acceptors (Lipinski definition) is 5. The van der Waals surface area contributed by atoms with E-state index in [2.05, 4.69) is 20.2 Å². The lowest BCUT2D eigenvalue weighted by atomic mass is 10.0. The summed E-state index contributed by atoms with van der Waals surface area (Å²) in [6, 6.07) is 9.13. The second kappa shape index (κ2) is 7.57. The zero-order valence-corrected chi connectivity index (χ0v) is 14.2. The minimum absolute atomic E-state index is 0.177. The highest BCUT2D eigenvalue weighted by molar-refractivity contribution is 5.41. The van der Waals surface area contributed by atoms with Crippen LogP contribution >= 0.6 is 0 Å². The molecule has 24 heavy (non-hydrogen) atoms. The molecule has 1 fully saturated rings. The van der Waals surface area contributed by atoms with Crippen molar-refractivity contribution in [1.82, 2.24) is 14.9 Å². The summed E-state index contributed by atoms with van der Waals surface area (Å²) in [6.07, 6.45) is 3.93. The summed E-state index contributed by atoms with van der Waals surface area (Å²) in [6.45, 7) is 2.94. The van der Waals surface area contributed by atoms with Gasteiger partial charge in [0.05, 0.1) is 0 Å². The number of halogens is 1. The van der Waals surface area contributed by atoms with Crippen molar-refractivity contribution in [3.05, 3.63) is 47.9 Å². The third-order valence-corrected chi connectivity index (χ3v) is 4.30.